The monoisotopic (exact) mass is 350 g/mol. The first-order valence-corrected chi connectivity index (χ1v) is 9.09. The molecule has 0 fully saturated rings. The number of rotatable bonds is 4. The van der Waals surface area contributed by atoms with E-state index in [2.05, 4.69) is 58.0 Å². The molecule has 4 rings (SSSR count). The first-order valence-electron chi connectivity index (χ1n) is 8.68. The van der Waals surface area contributed by atoms with Crippen LogP contribution in [-0.4, -0.2) is 25.8 Å². The van der Waals surface area contributed by atoms with Gasteiger partial charge in [0.2, 0.25) is 0 Å². The summed E-state index contributed by atoms with van der Waals surface area (Å²) in [5, 5.41) is 4.69. The molecule has 0 spiro atoms. The average molecular weight is 350 g/mol. The van der Waals surface area contributed by atoms with Gasteiger partial charge in [0, 0.05) is 13.1 Å². The third kappa shape index (κ3) is 3.43. The minimum absolute atomic E-state index is 0.746. The Balaban J connectivity index is 1.52. The highest BCUT2D eigenvalue weighted by Crippen LogP contribution is 2.19. The highest BCUT2D eigenvalue weighted by Gasteiger charge is 2.17. The van der Waals surface area contributed by atoms with Crippen molar-refractivity contribution in [2.24, 2.45) is 0 Å². The first kappa shape index (κ1) is 16.2. The molecule has 2 heterocycles. The highest BCUT2D eigenvalue weighted by molar-refractivity contribution is 7.71. The summed E-state index contributed by atoms with van der Waals surface area (Å²) in [6.07, 6.45) is 1.09. The number of benzene rings is 2. The number of aromatic nitrogens is 3. The maximum Gasteiger partial charge on any atom is 0.199 e. The summed E-state index contributed by atoms with van der Waals surface area (Å²) < 4.78 is 4.87. The van der Waals surface area contributed by atoms with Crippen LogP contribution >= 0.6 is 12.2 Å². The molecule has 0 unspecified atom stereocenters. The van der Waals surface area contributed by atoms with Crippen molar-refractivity contribution in [1.29, 1.82) is 0 Å². The van der Waals surface area contributed by atoms with Crippen molar-refractivity contribution in [3.63, 3.8) is 0 Å². The Bertz CT molecular complexity index is 926. The van der Waals surface area contributed by atoms with E-state index in [1.165, 1.54) is 16.7 Å². The van der Waals surface area contributed by atoms with Gasteiger partial charge >= 0.3 is 0 Å². The van der Waals surface area contributed by atoms with E-state index in [-0.39, 0.29) is 0 Å². The Hall–Kier alpha value is -2.24. The molecule has 0 saturated heterocycles. The van der Waals surface area contributed by atoms with Crippen LogP contribution in [0.4, 0.5) is 0 Å². The summed E-state index contributed by atoms with van der Waals surface area (Å²) >= 11 is 5.70. The SMILES string of the molecule is Cc1nn(CN2CCc3ccccc3C2)c(=S)n1Cc1ccccc1. The fourth-order valence-corrected chi connectivity index (χ4v) is 3.75. The largest absolute Gasteiger partial charge is 0.300 e. The van der Waals surface area contributed by atoms with Gasteiger partial charge in [-0.3, -0.25) is 9.47 Å². The Kier molecular flexibility index (Phi) is 4.51. The Morgan fingerprint density at radius 1 is 1.00 bits per heavy atom. The van der Waals surface area contributed by atoms with Crippen LogP contribution in [0.1, 0.15) is 22.5 Å². The van der Waals surface area contributed by atoms with Crippen LogP contribution < -0.4 is 0 Å². The second-order valence-corrected chi connectivity index (χ2v) is 6.98. The van der Waals surface area contributed by atoms with E-state index in [1.54, 1.807) is 0 Å². The van der Waals surface area contributed by atoms with E-state index < -0.39 is 0 Å². The lowest BCUT2D eigenvalue weighted by Gasteiger charge is -2.28. The molecule has 3 aromatic rings. The van der Waals surface area contributed by atoms with Gasteiger partial charge in [0.25, 0.3) is 0 Å². The van der Waals surface area contributed by atoms with Gasteiger partial charge in [0.15, 0.2) is 4.77 Å². The lowest BCUT2D eigenvalue weighted by Crippen LogP contribution is -2.32. The summed E-state index contributed by atoms with van der Waals surface area (Å²) in [6, 6.07) is 19.1. The second-order valence-electron chi connectivity index (χ2n) is 6.61. The van der Waals surface area contributed by atoms with Crippen LogP contribution in [0.25, 0.3) is 0 Å². The number of aryl methyl sites for hydroxylation is 1. The summed E-state index contributed by atoms with van der Waals surface area (Å²) in [5.41, 5.74) is 4.13. The molecule has 1 aliphatic heterocycles. The van der Waals surface area contributed by atoms with E-state index in [9.17, 15) is 0 Å². The molecule has 128 valence electrons. The molecule has 2 aromatic carbocycles. The summed E-state index contributed by atoms with van der Waals surface area (Å²) in [5.74, 6) is 0.964. The molecular weight excluding hydrogens is 328 g/mol. The molecule has 0 bridgehead atoms. The van der Waals surface area contributed by atoms with Gasteiger partial charge < -0.3 is 0 Å². The fourth-order valence-electron chi connectivity index (χ4n) is 3.45. The Labute approximate surface area is 153 Å². The molecule has 0 amide bonds. The predicted molar refractivity (Wildman–Crippen MR) is 102 cm³/mol. The van der Waals surface area contributed by atoms with Gasteiger partial charge in [-0.25, -0.2) is 4.68 Å². The van der Waals surface area contributed by atoms with Gasteiger partial charge in [0.05, 0.1) is 13.2 Å². The molecule has 0 atom stereocenters. The second kappa shape index (κ2) is 6.94. The van der Waals surface area contributed by atoms with Crippen LogP contribution in [0.2, 0.25) is 0 Å². The van der Waals surface area contributed by atoms with Crippen LogP contribution in [-0.2, 0) is 26.2 Å². The molecule has 4 nitrogen and oxygen atoms in total. The Morgan fingerprint density at radius 3 is 2.52 bits per heavy atom. The average Bonchev–Trinajstić information content (AvgIpc) is 2.90. The molecular formula is C20H22N4S. The van der Waals surface area contributed by atoms with E-state index in [0.717, 1.165) is 43.3 Å². The lowest BCUT2D eigenvalue weighted by molar-refractivity contribution is 0.188. The van der Waals surface area contributed by atoms with E-state index in [4.69, 9.17) is 17.3 Å². The topological polar surface area (TPSA) is 26.0 Å². The van der Waals surface area contributed by atoms with Crippen molar-refractivity contribution < 1.29 is 0 Å². The zero-order valence-electron chi connectivity index (χ0n) is 14.4. The van der Waals surface area contributed by atoms with Crippen LogP contribution in [0.5, 0.6) is 0 Å². The molecule has 5 heteroatoms. The number of hydrogen-bond acceptors (Lipinski definition) is 3. The number of fused-ring (bicyclic) bond motifs is 1. The quantitative estimate of drug-likeness (QED) is 0.670. The van der Waals surface area contributed by atoms with Gasteiger partial charge in [-0.05, 0) is 42.3 Å². The standard InChI is InChI=1S/C20H22N4S/c1-16-21-24(20(25)23(16)13-17-7-3-2-4-8-17)15-22-12-11-18-9-5-6-10-19(18)14-22/h2-10H,11-15H2,1H3. The summed E-state index contributed by atoms with van der Waals surface area (Å²) in [4.78, 5) is 2.41. The zero-order valence-corrected chi connectivity index (χ0v) is 15.2. The molecule has 0 aliphatic carbocycles. The maximum absolute atomic E-state index is 5.70. The van der Waals surface area contributed by atoms with Crippen LogP contribution in [0.15, 0.2) is 54.6 Å². The fraction of sp³-hybridized carbons (Fsp3) is 0.300. The molecule has 0 radical (unpaired) electrons. The normalized spacial score (nSPS) is 14.4. The van der Waals surface area contributed by atoms with Crippen molar-refractivity contribution in [3.8, 4) is 0 Å². The molecule has 0 N–H and O–H groups in total. The van der Waals surface area contributed by atoms with Crippen molar-refractivity contribution in [1.82, 2.24) is 19.2 Å². The molecule has 1 aliphatic rings. The van der Waals surface area contributed by atoms with Crippen LogP contribution in [0, 0.1) is 11.7 Å². The van der Waals surface area contributed by atoms with Crippen molar-refractivity contribution in [3.05, 3.63) is 81.9 Å². The first-order chi connectivity index (χ1) is 12.2. The predicted octanol–water partition coefficient (Wildman–Crippen LogP) is 3.79. The highest BCUT2D eigenvalue weighted by atomic mass is 32.1. The third-order valence-corrected chi connectivity index (χ3v) is 5.27. The summed E-state index contributed by atoms with van der Waals surface area (Å²) in [6.45, 7) is 5.55. The lowest BCUT2D eigenvalue weighted by atomic mass is 10.0. The minimum atomic E-state index is 0.746. The molecule has 25 heavy (non-hydrogen) atoms. The number of nitrogens with zero attached hydrogens (tertiary/aromatic N) is 4. The van der Waals surface area contributed by atoms with Crippen molar-refractivity contribution in [2.75, 3.05) is 6.54 Å². The van der Waals surface area contributed by atoms with E-state index in [0.29, 0.717) is 0 Å². The van der Waals surface area contributed by atoms with Gasteiger partial charge in [-0.15, -0.1) is 0 Å². The van der Waals surface area contributed by atoms with E-state index in [1.807, 2.05) is 17.7 Å². The number of hydrogen-bond donors (Lipinski definition) is 0. The summed E-state index contributed by atoms with van der Waals surface area (Å²) in [7, 11) is 0. The van der Waals surface area contributed by atoms with Crippen LogP contribution in [0.3, 0.4) is 0 Å². The Morgan fingerprint density at radius 2 is 1.72 bits per heavy atom. The molecule has 1 aromatic heterocycles. The van der Waals surface area contributed by atoms with Gasteiger partial charge in [-0.2, -0.15) is 5.10 Å². The van der Waals surface area contributed by atoms with Crippen molar-refractivity contribution >= 4 is 12.2 Å². The third-order valence-electron chi connectivity index (χ3n) is 4.83. The minimum Gasteiger partial charge on any atom is -0.300 e. The van der Waals surface area contributed by atoms with Gasteiger partial charge in [-0.1, -0.05) is 54.6 Å². The zero-order chi connectivity index (χ0) is 17.2. The maximum atomic E-state index is 5.70. The van der Waals surface area contributed by atoms with Crippen molar-refractivity contribution in [2.45, 2.75) is 33.1 Å². The molecule has 0 saturated carbocycles. The van der Waals surface area contributed by atoms with Gasteiger partial charge in [0.1, 0.15) is 5.82 Å². The smallest absolute Gasteiger partial charge is 0.199 e. The van der Waals surface area contributed by atoms with E-state index >= 15 is 0 Å².